The van der Waals surface area contributed by atoms with Crippen molar-refractivity contribution in [2.24, 2.45) is 0 Å². The molecule has 8 heteroatoms. The summed E-state index contributed by atoms with van der Waals surface area (Å²) in [7, 11) is 1.67. The number of thioether (sulfide) groups is 1. The quantitative estimate of drug-likeness (QED) is 0.782. The van der Waals surface area contributed by atoms with Gasteiger partial charge in [-0.15, -0.1) is 11.8 Å². The number of carbonyl (C=O) groups is 2. The number of hydrogen-bond acceptors (Lipinski definition) is 6. The van der Waals surface area contributed by atoms with Crippen molar-refractivity contribution in [2.75, 3.05) is 49.8 Å². The molecule has 2 aliphatic heterocycles. The van der Waals surface area contributed by atoms with Gasteiger partial charge in [0.2, 0.25) is 5.91 Å². The zero-order chi connectivity index (χ0) is 19.5. The first kappa shape index (κ1) is 18.7. The topological polar surface area (TPSA) is 66.2 Å². The number of para-hydroxylation sites is 2. The van der Waals surface area contributed by atoms with Gasteiger partial charge in [-0.1, -0.05) is 12.1 Å². The van der Waals surface area contributed by atoms with Gasteiger partial charge in [0, 0.05) is 31.9 Å². The Bertz CT molecular complexity index is 834. The fourth-order valence-electron chi connectivity index (χ4n) is 3.66. The van der Waals surface area contributed by atoms with Gasteiger partial charge in [0.05, 0.1) is 24.9 Å². The Morgan fingerprint density at radius 1 is 1.11 bits per heavy atom. The summed E-state index contributed by atoms with van der Waals surface area (Å²) in [5, 5.41) is 0. The van der Waals surface area contributed by atoms with Gasteiger partial charge in [-0.3, -0.25) is 9.59 Å². The smallest absolute Gasteiger partial charge is 0.290 e. The molecule has 2 fully saturated rings. The van der Waals surface area contributed by atoms with Crippen LogP contribution in [0.2, 0.25) is 0 Å². The number of methoxy groups -OCH3 is 1. The molecule has 0 aliphatic carbocycles. The molecule has 0 saturated carbocycles. The van der Waals surface area contributed by atoms with Crippen molar-refractivity contribution >= 4 is 29.3 Å². The van der Waals surface area contributed by atoms with Crippen LogP contribution < -0.4 is 9.64 Å². The second kappa shape index (κ2) is 8.18. The molecule has 1 aromatic carbocycles. The summed E-state index contributed by atoms with van der Waals surface area (Å²) in [5.41, 5.74) is 1.04. The summed E-state index contributed by atoms with van der Waals surface area (Å²) < 4.78 is 10.7. The molecule has 4 rings (SSSR count). The average Bonchev–Trinajstić information content (AvgIpc) is 3.45. The maximum Gasteiger partial charge on any atom is 0.290 e. The van der Waals surface area contributed by atoms with E-state index < -0.39 is 6.04 Å². The fourth-order valence-corrected chi connectivity index (χ4v) is 4.80. The lowest BCUT2D eigenvalue weighted by Crippen LogP contribution is -2.55. The molecule has 2 saturated heterocycles. The van der Waals surface area contributed by atoms with Crippen LogP contribution in [0.3, 0.4) is 0 Å². The fraction of sp³-hybridized carbons (Fsp3) is 0.400. The minimum absolute atomic E-state index is 0.0181. The van der Waals surface area contributed by atoms with Crippen LogP contribution in [0.25, 0.3) is 0 Å². The molecule has 0 N–H and O–H groups in total. The summed E-state index contributed by atoms with van der Waals surface area (Å²) in [6, 6.07) is 10.8. The van der Waals surface area contributed by atoms with Crippen LogP contribution >= 0.6 is 11.8 Å². The van der Waals surface area contributed by atoms with Crippen LogP contribution in [-0.2, 0) is 4.79 Å². The highest BCUT2D eigenvalue weighted by molar-refractivity contribution is 7.99. The molecule has 7 nitrogen and oxygen atoms in total. The molecule has 2 aliphatic rings. The summed E-state index contributed by atoms with van der Waals surface area (Å²) in [5.74, 6) is 2.05. The van der Waals surface area contributed by atoms with E-state index in [1.807, 2.05) is 29.2 Å². The number of carbonyl (C=O) groups excluding carboxylic acids is 2. The van der Waals surface area contributed by atoms with Crippen molar-refractivity contribution in [1.82, 2.24) is 9.80 Å². The van der Waals surface area contributed by atoms with Crippen molar-refractivity contribution in [3.8, 4) is 5.75 Å². The van der Waals surface area contributed by atoms with Gasteiger partial charge in [-0.2, -0.15) is 0 Å². The minimum atomic E-state index is -0.430. The van der Waals surface area contributed by atoms with Crippen LogP contribution in [0.5, 0.6) is 5.75 Å². The third-order valence-electron chi connectivity index (χ3n) is 5.18. The molecule has 1 aromatic heterocycles. The SMILES string of the molecule is COc1ccccc1N1CCN(C(=O)C2CSCN2C(=O)c2ccco2)CC1. The Labute approximate surface area is 168 Å². The van der Waals surface area contributed by atoms with Crippen molar-refractivity contribution in [3.63, 3.8) is 0 Å². The second-order valence-corrected chi connectivity index (χ2v) is 7.75. The lowest BCUT2D eigenvalue weighted by atomic mass is 10.2. The van der Waals surface area contributed by atoms with Gasteiger partial charge >= 0.3 is 0 Å². The van der Waals surface area contributed by atoms with Crippen LogP contribution in [-0.4, -0.2) is 72.6 Å². The average molecular weight is 401 g/mol. The van der Waals surface area contributed by atoms with Gasteiger partial charge in [0.25, 0.3) is 5.91 Å². The third kappa shape index (κ3) is 3.56. The molecule has 2 aromatic rings. The first-order chi connectivity index (χ1) is 13.7. The minimum Gasteiger partial charge on any atom is -0.495 e. The van der Waals surface area contributed by atoms with Crippen LogP contribution in [0.15, 0.2) is 47.1 Å². The molecular formula is C20H23N3O4S. The Hall–Kier alpha value is -2.61. The van der Waals surface area contributed by atoms with Crippen LogP contribution in [0, 0.1) is 0 Å². The number of benzene rings is 1. The third-order valence-corrected chi connectivity index (χ3v) is 6.19. The number of piperazine rings is 1. The predicted octanol–water partition coefficient (Wildman–Crippen LogP) is 2.15. The number of ether oxygens (including phenoxy) is 1. The maximum atomic E-state index is 13.1. The molecule has 0 radical (unpaired) electrons. The van der Waals surface area contributed by atoms with Crippen molar-refractivity contribution in [2.45, 2.75) is 6.04 Å². The maximum absolute atomic E-state index is 13.1. The molecule has 148 valence electrons. The van der Waals surface area contributed by atoms with E-state index in [-0.39, 0.29) is 17.6 Å². The van der Waals surface area contributed by atoms with E-state index >= 15 is 0 Å². The van der Waals surface area contributed by atoms with E-state index in [2.05, 4.69) is 4.90 Å². The molecule has 0 spiro atoms. The van der Waals surface area contributed by atoms with Crippen LogP contribution in [0.4, 0.5) is 5.69 Å². The van der Waals surface area contributed by atoms with E-state index in [0.717, 1.165) is 24.5 Å². The number of nitrogens with zero attached hydrogens (tertiary/aromatic N) is 3. The largest absolute Gasteiger partial charge is 0.495 e. The van der Waals surface area contributed by atoms with Crippen LogP contribution in [0.1, 0.15) is 10.6 Å². The van der Waals surface area contributed by atoms with Gasteiger partial charge in [0.15, 0.2) is 5.76 Å². The first-order valence-corrected chi connectivity index (χ1v) is 10.4. The molecular weight excluding hydrogens is 378 g/mol. The zero-order valence-corrected chi connectivity index (χ0v) is 16.6. The normalized spacial score (nSPS) is 19.8. The zero-order valence-electron chi connectivity index (χ0n) is 15.7. The van der Waals surface area contributed by atoms with E-state index in [9.17, 15) is 9.59 Å². The first-order valence-electron chi connectivity index (χ1n) is 9.28. The summed E-state index contributed by atoms with van der Waals surface area (Å²) in [6.07, 6.45) is 1.48. The lowest BCUT2D eigenvalue weighted by molar-refractivity contribution is -0.135. The van der Waals surface area contributed by atoms with Crippen molar-refractivity contribution < 1.29 is 18.7 Å². The predicted molar refractivity (Wildman–Crippen MR) is 108 cm³/mol. The summed E-state index contributed by atoms with van der Waals surface area (Å²) in [4.78, 5) is 31.5. The molecule has 1 atom stereocenters. The highest BCUT2D eigenvalue weighted by Gasteiger charge is 2.39. The number of anilines is 1. The molecule has 2 amide bonds. The molecule has 0 bridgehead atoms. The molecule has 1 unspecified atom stereocenters. The number of furan rings is 1. The van der Waals surface area contributed by atoms with Crippen molar-refractivity contribution in [1.29, 1.82) is 0 Å². The highest BCUT2D eigenvalue weighted by atomic mass is 32.2. The van der Waals surface area contributed by atoms with Gasteiger partial charge in [-0.25, -0.2) is 0 Å². The van der Waals surface area contributed by atoms with E-state index in [1.54, 1.807) is 35.9 Å². The Morgan fingerprint density at radius 3 is 2.61 bits per heavy atom. The summed E-state index contributed by atoms with van der Waals surface area (Å²) in [6.45, 7) is 2.72. The van der Waals surface area contributed by atoms with E-state index in [1.165, 1.54) is 6.26 Å². The number of rotatable bonds is 4. The van der Waals surface area contributed by atoms with Gasteiger partial charge < -0.3 is 23.9 Å². The second-order valence-electron chi connectivity index (χ2n) is 6.75. The molecule has 28 heavy (non-hydrogen) atoms. The summed E-state index contributed by atoms with van der Waals surface area (Å²) >= 11 is 1.60. The lowest BCUT2D eigenvalue weighted by Gasteiger charge is -2.38. The number of hydrogen-bond donors (Lipinski definition) is 0. The number of amides is 2. The monoisotopic (exact) mass is 401 g/mol. The standard InChI is InChI=1S/C20H23N3O4S/c1-26-17-6-3-2-5-15(17)21-8-10-22(11-9-21)19(24)16-13-28-14-23(16)20(25)18-7-4-12-27-18/h2-7,12,16H,8-11,13-14H2,1H3. The van der Waals surface area contributed by atoms with Gasteiger partial charge in [0.1, 0.15) is 11.8 Å². The van der Waals surface area contributed by atoms with Crippen molar-refractivity contribution in [3.05, 3.63) is 48.4 Å². The molecule has 3 heterocycles. The van der Waals surface area contributed by atoms with E-state index in [4.69, 9.17) is 9.15 Å². The Kier molecular flexibility index (Phi) is 5.47. The Balaban J connectivity index is 1.40. The van der Waals surface area contributed by atoms with Gasteiger partial charge in [-0.05, 0) is 24.3 Å². The highest BCUT2D eigenvalue weighted by Crippen LogP contribution is 2.29. The Morgan fingerprint density at radius 2 is 1.89 bits per heavy atom. The van der Waals surface area contributed by atoms with E-state index in [0.29, 0.717) is 24.7 Å².